The van der Waals surface area contributed by atoms with Crippen molar-refractivity contribution in [3.05, 3.63) is 58.1 Å². The maximum absolute atomic E-state index is 12.1. The summed E-state index contributed by atoms with van der Waals surface area (Å²) in [5.74, 6) is -0.338. The molecule has 2 aromatic rings. The van der Waals surface area contributed by atoms with Crippen LogP contribution in [0.1, 0.15) is 24.2 Å². The van der Waals surface area contributed by atoms with Crippen LogP contribution in [0.5, 0.6) is 0 Å². The van der Waals surface area contributed by atoms with Gasteiger partial charge >= 0.3 is 5.97 Å². The van der Waals surface area contributed by atoms with Gasteiger partial charge in [-0.25, -0.2) is 4.79 Å². The Labute approximate surface area is 181 Å². The highest BCUT2D eigenvalue weighted by molar-refractivity contribution is 7.80. The minimum atomic E-state index is -0.338. The van der Waals surface area contributed by atoms with E-state index in [9.17, 15) is 4.79 Å². The third-order valence-electron chi connectivity index (χ3n) is 4.09. The number of benzene rings is 2. The number of nitrogens with one attached hydrogen (secondary N) is 2. The number of carbonyl (C=O) groups excluding carboxylic acids is 1. The molecule has 2 N–H and O–H groups in total. The van der Waals surface area contributed by atoms with Gasteiger partial charge in [0.2, 0.25) is 0 Å². The molecule has 0 bridgehead atoms. The van der Waals surface area contributed by atoms with Crippen LogP contribution in [0.3, 0.4) is 0 Å². The van der Waals surface area contributed by atoms with Crippen molar-refractivity contribution >= 4 is 57.9 Å². The van der Waals surface area contributed by atoms with Gasteiger partial charge in [0.1, 0.15) is 6.61 Å². The molecule has 0 spiro atoms. The number of rotatable bonds is 8. The van der Waals surface area contributed by atoms with Gasteiger partial charge in [0.15, 0.2) is 5.11 Å². The number of esters is 1. The van der Waals surface area contributed by atoms with E-state index in [4.69, 9.17) is 40.2 Å². The fraction of sp³-hybridized carbons (Fsp3) is 0.300. The summed E-state index contributed by atoms with van der Waals surface area (Å²) in [7, 11) is 0. The largest absolute Gasteiger partial charge is 0.461 e. The summed E-state index contributed by atoms with van der Waals surface area (Å²) in [4.78, 5) is 14.3. The molecule has 0 saturated carbocycles. The van der Waals surface area contributed by atoms with E-state index in [-0.39, 0.29) is 5.97 Å². The zero-order valence-corrected chi connectivity index (χ0v) is 18.1. The molecule has 28 heavy (non-hydrogen) atoms. The fourth-order valence-electron chi connectivity index (χ4n) is 2.45. The van der Waals surface area contributed by atoms with Gasteiger partial charge < -0.3 is 20.3 Å². The molecule has 0 aliphatic heterocycles. The summed E-state index contributed by atoms with van der Waals surface area (Å²) in [5.41, 5.74) is 1.96. The van der Waals surface area contributed by atoms with Gasteiger partial charge in [-0.15, -0.1) is 0 Å². The van der Waals surface area contributed by atoms with Crippen molar-refractivity contribution in [2.45, 2.75) is 13.8 Å². The van der Waals surface area contributed by atoms with Crippen molar-refractivity contribution < 1.29 is 9.53 Å². The lowest BCUT2D eigenvalue weighted by molar-refractivity contribution is 0.0466. The summed E-state index contributed by atoms with van der Waals surface area (Å²) < 4.78 is 5.32. The molecule has 0 saturated heterocycles. The smallest absolute Gasteiger partial charge is 0.338 e. The van der Waals surface area contributed by atoms with E-state index < -0.39 is 0 Å². The fourth-order valence-corrected chi connectivity index (χ4v) is 2.98. The maximum Gasteiger partial charge on any atom is 0.338 e. The van der Waals surface area contributed by atoms with Crippen LogP contribution >= 0.6 is 35.4 Å². The van der Waals surface area contributed by atoms with Crippen LogP contribution in [0.25, 0.3) is 0 Å². The van der Waals surface area contributed by atoms with E-state index in [2.05, 4.69) is 29.4 Å². The molecule has 0 aliphatic rings. The molecule has 0 amide bonds. The first-order valence-corrected chi connectivity index (χ1v) is 10.1. The van der Waals surface area contributed by atoms with Crippen LogP contribution in [-0.4, -0.2) is 42.2 Å². The first-order valence-electron chi connectivity index (χ1n) is 8.95. The molecule has 5 nitrogen and oxygen atoms in total. The van der Waals surface area contributed by atoms with E-state index in [1.165, 1.54) is 0 Å². The van der Waals surface area contributed by atoms with Gasteiger partial charge in [-0.05, 0) is 67.8 Å². The highest BCUT2D eigenvalue weighted by Crippen LogP contribution is 2.25. The van der Waals surface area contributed by atoms with Crippen molar-refractivity contribution in [2.24, 2.45) is 0 Å². The lowest BCUT2D eigenvalue weighted by Gasteiger charge is -2.17. The van der Waals surface area contributed by atoms with E-state index in [0.717, 1.165) is 31.0 Å². The standard InChI is InChI=1S/C20H23Cl2N3O2S/c1-3-25(4-2)11-12-27-19(26)14-5-7-15(8-6-14)23-20(28)24-16-9-10-17(21)18(22)13-16/h5-10,13H,3-4,11-12H2,1-2H3,(H2,23,24,28). The van der Waals surface area contributed by atoms with Crippen molar-refractivity contribution in [1.29, 1.82) is 0 Å². The minimum Gasteiger partial charge on any atom is -0.461 e. The van der Waals surface area contributed by atoms with Gasteiger partial charge in [-0.3, -0.25) is 0 Å². The quantitative estimate of drug-likeness (QED) is 0.429. The second kappa shape index (κ2) is 11.2. The van der Waals surface area contributed by atoms with Crippen LogP contribution in [0.2, 0.25) is 10.0 Å². The van der Waals surface area contributed by atoms with Crippen molar-refractivity contribution in [1.82, 2.24) is 4.90 Å². The molecule has 0 radical (unpaired) electrons. The zero-order valence-electron chi connectivity index (χ0n) is 15.8. The van der Waals surface area contributed by atoms with Crippen LogP contribution in [0, 0.1) is 0 Å². The van der Waals surface area contributed by atoms with Crippen LogP contribution in [-0.2, 0) is 4.74 Å². The van der Waals surface area contributed by atoms with Crippen molar-refractivity contribution in [3.63, 3.8) is 0 Å². The Hall–Kier alpha value is -1.86. The molecule has 0 unspecified atom stereocenters. The normalized spacial score (nSPS) is 10.6. The molecule has 2 aromatic carbocycles. The van der Waals surface area contributed by atoms with Crippen molar-refractivity contribution in [3.8, 4) is 0 Å². The number of halogens is 2. The molecule has 0 atom stereocenters. The summed E-state index contributed by atoms with van der Waals surface area (Å²) in [6.07, 6.45) is 0. The predicted octanol–water partition coefficient (Wildman–Crippen LogP) is 5.30. The number of anilines is 2. The highest BCUT2D eigenvalue weighted by atomic mass is 35.5. The molecule has 0 aliphatic carbocycles. The van der Waals surface area contributed by atoms with E-state index in [1.54, 1.807) is 42.5 Å². The Morgan fingerprint density at radius 1 is 1.00 bits per heavy atom. The average Bonchev–Trinajstić information content (AvgIpc) is 2.68. The third kappa shape index (κ3) is 6.95. The second-order valence-corrected chi connectivity index (χ2v) is 7.17. The van der Waals surface area contributed by atoms with Gasteiger partial charge in [0, 0.05) is 17.9 Å². The SMILES string of the molecule is CCN(CC)CCOC(=O)c1ccc(NC(=S)Nc2ccc(Cl)c(Cl)c2)cc1. The molecule has 8 heteroatoms. The maximum atomic E-state index is 12.1. The minimum absolute atomic E-state index is 0.338. The summed E-state index contributed by atoms with van der Waals surface area (Å²) >= 11 is 17.2. The second-order valence-electron chi connectivity index (χ2n) is 5.95. The molecular weight excluding hydrogens is 417 g/mol. The molecular formula is C20H23Cl2N3O2S. The zero-order chi connectivity index (χ0) is 20.5. The van der Waals surface area contributed by atoms with Gasteiger partial charge in [0.25, 0.3) is 0 Å². The number of carbonyl (C=O) groups is 1. The van der Waals surface area contributed by atoms with Gasteiger partial charge in [-0.2, -0.15) is 0 Å². The number of ether oxygens (including phenoxy) is 1. The predicted molar refractivity (Wildman–Crippen MR) is 121 cm³/mol. The number of hydrogen-bond donors (Lipinski definition) is 2. The lowest BCUT2D eigenvalue weighted by atomic mass is 10.2. The molecule has 150 valence electrons. The van der Waals surface area contributed by atoms with Crippen molar-refractivity contribution in [2.75, 3.05) is 36.9 Å². The third-order valence-corrected chi connectivity index (χ3v) is 5.03. The van der Waals surface area contributed by atoms with E-state index in [1.807, 2.05) is 0 Å². The Bertz CT molecular complexity index is 812. The monoisotopic (exact) mass is 439 g/mol. The average molecular weight is 440 g/mol. The summed E-state index contributed by atoms with van der Waals surface area (Å²) in [6.45, 7) is 7.14. The molecule has 0 aromatic heterocycles. The first kappa shape index (κ1) is 22.4. The Balaban J connectivity index is 1.85. The molecule has 0 heterocycles. The van der Waals surface area contributed by atoms with E-state index >= 15 is 0 Å². The Morgan fingerprint density at radius 3 is 2.21 bits per heavy atom. The number of thiocarbonyl (C=S) groups is 1. The molecule has 2 rings (SSSR count). The summed E-state index contributed by atoms with van der Waals surface area (Å²) in [6, 6.07) is 12.1. The van der Waals surface area contributed by atoms with E-state index in [0.29, 0.717) is 27.3 Å². The molecule has 0 fully saturated rings. The first-order chi connectivity index (χ1) is 13.4. The topological polar surface area (TPSA) is 53.6 Å². The van der Waals surface area contributed by atoms with Crippen LogP contribution in [0.4, 0.5) is 11.4 Å². The summed E-state index contributed by atoms with van der Waals surface area (Å²) in [5, 5.41) is 7.39. The lowest BCUT2D eigenvalue weighted by Crippen LogP contribution is -2.27. The van der Waals surface area contributed by atoms with Gasteiger partial charge in [-0.1, -0.05) is 37.0 Å². The number of nitrogens with zero attached hydrogens (tertiary/aromatic N) is 1. The van der Waals surface area contributed by atoms with Crippen LogP contribution in [0.15, 0.2) is 42.5 Å². The van der Waals surface area contributed by atoms with Gasteiger partial charge in [0.05, 0.1) is 15.6 Å². The van der Waals surface area contributed by atoms with Crippen LogP contribution < -0.4 is 10.6 Å². The Morgan fingerprint density at radius 2 is 1.61 bits per heavy atom. The highest BCUT2D eigenvalue weighted by Gasteiger charge is 2.09. The Kier molecular flexibility index (Phi) is 8.99. The number of hydrogen-bond acceptors (Lipinski definition) is 4. The number of likely N-dealkylation sites (N-methyl/N-ethyl adjacent to an activating group) is 1.